The maximum absolute atomic E-state index is 5.87. The quantitative estimate of drug-likeness (QED) is 0.720. The summed E-state index contributed by atoms with van der Waals surface area (Å²) in [6.45, 7) is 3.04. The molecule has 0 saturated heterocycles. The zero-order valence-electron chi connectivity index (χ0n) is 11.5. The molecule has 2 rings (SSSR count). The number of anilines is 2. The Kier molecular flexibility index (Phi) is 5.28. The van der Waals surface area contributed by atoms with Crippen LogP contribution in [-0.4, -0.2) is 0 Å². The molecule has 102 valence electrons. The maximum atomic E-state index is 5.87. The number of aryl methyl sites for hydroxylation is 1. The molecule has 3 N–H and O–H groups in total. The molecule has 1 heterocycles. The molecule has 1 aromatic heterocycles. The fourth-order valence-corrected chi connectivity index (χ4v) is 2.78. The monoisotopic (exact) mass is 274 g/mol. The molecule has 1 aromatic carbocycles. The van der Waals surface area contributed by atoms with Crippen molar-refractivity contribution < 1.29 is 0 Å². The van der Waals surface area contributed by atoms with Crippen LogP contribution in [0, 0.1) is 0 Å². The van der Waals surface area contributed by atoms with E-state index in [0.717, 1.165) is 17.9 Å². The Morgan fingerprint density at radius 1 is 1.11 bits per heavy atom. The van der Waals surface area contributed by atoms with Crippen LogP contribution in [0.5, 0.6) is 0 Å². The van der Waals surface area contributed by atoms with Crippen molar-refractivity contribution in [3.05, 3.63) is 46.2 Å². The van der Waals surface area contributed by atoms with Crippen LogP contribution in [0.1, 0.15) is 36.6 Å². The van der Waals surface area contributed by atoms with Gasteiger partial charge in [0.05, 0.1) is 6.54 Å². The maximum Gasteiger partial charge on any atom is 0.0514 e. The topological polar surface area (TPSA) is 38.0 Å². The summed E-state index contributed by atoms with van der Waals surface area (Å²) in [6, 6.07) is 10.7. The van der Waals surface area contributed by atoms with Gasteiger partial charge in [0.1, 0.15) is 0 Å². The van der Waals surface area contributed by atoms with Gasteiger partial charge in [-0.1, -0.05) is 31.9 Å². The first-order valence-corrected chi connectivity index (χ1v) is 7.82. The fourth-order valence-electron chi connectivity index (χ4n) is 2.04. The minimum Gasteiger partial charge on any atom is -0.398 e. The predicted molar refractivity (Wildman–Crippen MR) is 85.7 cm³/mol. The second kappa shape index (κ2) is 7.19. The lowest BCUT2D eigenvalue weighted by Gasteiger charge is -2.07. The Morgan fingerprint density at radius 3 is 2.53 bits per heavy atom. The second-order valence-electron chi connectivity index (χ2n) is 4.81. The standard InChI is InChI=1S/C16H22N2S/c1-2-3-4-5-13-6-8-14(9-7-13)18-12-16-15(17)10-11-19-16/h6-11,18H,2-5,12,17H2,1H3. The van der Waals surface area contributed by atoms with Crippen LogP contribution in [0.3, 0.4) is 0 Å². The van der Waals surface area contributed by atoms with E-state index >= 15 is 0 Å². The van der Waals surface area contributed by atoms with Crippen molar-refractivity contribution in [2.24, 2.45) is 0 Å². The van der Waals surface area contributed by atoms with Gasteiger partial charge in [-0.2, -0.15) is 0 Å². The van der Waals surface area contributed by atoms with Crippen molar-refractivity contribution in [3.63, 3.8) is 0 Å². The minimum absolute atomic E-state index is 0.804. The van der Waals surface area contributed by atoms with Crippen LogP contribution < -0.4 is 11.1 Å². The molecular formula is C16H22N2S. The van der Waals surface area contributed by atoms with E-state index < -0.39 is 0 Å². The van der Waals surface area contributed by atoms with Gasteiger partial charge in [0, 0.05) is 16.3 Å². The number of unbranched alkanes of at least 4 members (excludes halogenated alkanes) is 2. The predicted octanol–water partition coefficient (Wildman–Crippen LogP) is 4.68. The van der Waals surface area contributed by atoms with E-state index in [0.29, 0.717) is 0 Å². The highest BCUT2D eigenvalue weighted by molar-refractivity contribution is 7.10. The molecule has 0 aliphatic heterocycles. The normalized spacial score (nSPS) is 10.6. The zero-order chi connectivity index (χ0) is 13.5. The molecule has 0 atom stereocenters. The summed E-state index contributed by atoms with van der Waals surface area (Å²) in [6.07, 6.45) is 5.07. The summed E-state index contributed by atoms with van der Waals surface area (Å²) in [5.74, 6) is 0. The average molecular weight is 274 g/mol. The van der Waals surface area contributed by atoms with E-state index in [1.807, 2.05) is 11.4 Å². The molecule has 0 radical (unpaired) electrons. The van der Waals surface area contributed by atoms with Gasteiger partial charge in [-0.3, -0.25) is 0 Å². The van der Waals surface area contributed by atoms with E-state index in [1.54, 1.807) is 11.3 Å². The number of nitrogens with two attached hydrogens (primary N) is 1. The molecule has 0 unspecified atom stereocenters. The summed E-state index contributed by atoms with van der Waals surface area (Å²) in [5.41, 5.74) is 9.34. The number of nitrogens with one attached hydrogen (secondary N) is 1. The summed E-state index contributed by atoms with van der Waals surface area (Å²) < 4.78 is 0. The van der Waals surface area contributed by atoms with Gasteiger partial charge in [-0.25, -0.2) is 0 Å². The summed E-state index contributed by atoms with van der Waals surface area (Å²) in [4.78, 5) is 1.20. The molecule has 19 heavy (non-hydrogen) atoms. The number of thiophene rings is 1. The molecule has 0 bridgehead atoms. The molecule has 3 heteroatoms. The van der Waals surface area contributed by atoms with E-state index in [4.69, 9.17) is 5.73 Å². The fraction of sp³-hybridized carbons (Fsp3) is 0.375. The number of rotatable bonds is 7. The largest absolute Gasteiger partial charge is 0.398 e. The van der Waals surface area contributed by atoms with Crippen LogP contribution in [-0.2, 0) is 13.0 Å². The highest BCUT2D eigenvalue weighted by atomic mass is 32.1. The van der Waals surface area contributed by atoms with Gasteiger partial charge < -0.3 is 11.1 Å². The lowest BCUT2D eigenvalue weighted by molar-refractivity contribution is 0.717. The van der Waals surface area contributed by atoms with Crippen LogP contribution in [0.25, 0.3) is 0 Å². The lowest BCUT2D eigenvalue weighted by atomic mass is 10.1. The first-order valence-electron chi connectivity index (χ1n) is 6.94. The van der Waals surface area contributed by atoms with Crippen molar-refractivity contribution in [3.8, 4) is 0 Å². The van der Waals surface area contributed by atoms with Gasteiger partial charge in [0.15, 0.2) is 0 Å². The summed E-state index contributed by atoms with van der Waals surface area (Å²) in [7, 11) is 0. The van der Waals surface area contributed by atoms with E-state index in [9.17, 15) is 0 Å². The first kappa shape index (κ1) is 13.9. The molecule has 0 aliphatic rings. The number of nitrogen functional groups attached to an aromatic ring is 1. The number of benzene rings is 1. The molecule has 2 aromatic rings. The van der Waals surface area contributed by atoms with Crippen LogP contribution >= 0.6 is 11.3 Å². The molecule has 0 fully saturated rings. The Labute approximate surface area is 119 Å². The Morgan fingerprint density at radius 2 is 1.89 bits per heavy atom. The Balaban J connectivity index is 1.83. The number of hydrogen-bond acceptors (Lipinski definition) is 3. The molecular weight excluding hydrogens is 252 g/mol. The van der Waals surface area contributed by atoms with Gasteiger partial charge in [0.25, 0.3) is 0 Å². The van der Waals surface area contributed by atoms with Gasteiger partial charge in [0.2, 0.25) is 0 Å². The molecule has 0 spiro atoms. The molecule has 0 saturated carbocycles. The highest BCUT2D eigenvalue weighted by Gasteiger charge is 2.00. The van der Waals surface area contributed by atoms with Crippen molar-refractivity contribution in [2.75, 3.05) is 11.1 Å². The van der Waals surface area contributed by atoms with Gasteiger partial charge >= 0.3 is 0 Å². The zero-order valence-corrected chi connectivity index (χ0v) is 12.3. The summed E-state index contributed by atoms with van der Waals surface area (Å²) >= 11 is 1.70. The third-order valence-corrected chi connectivity index (χ3v) is 4.19. The van der Waals surface area contributed by atoms with Crippen molar-refractivity contribution >= 4 is 22.7 Å². The van der Waals surface area contributed by atoms with E-state index in [-0.39, 0.29) is 0 Å². The van der Waals surface area contributed by atoms with Crippen molar-refractivity contribution in [1.29, 1.82) is 0 Å². The molecule has 0 amide bonds. The van der Waals surface area contributed by atoms with Crippen LogP contribution in [0.15, 0.2) is 35.7 Å². The van der Waals surface area contributed by atoms with E-state index in [1.165, 1.54) is 36.1 Å². The second-order valence-corrected chi connectivity index (χ2v) is 5.81. The van der Waals surface area contributed by atoms with Gasteiger partial charge in [-0.05, 0) is 42.0 Å². The van der Waals surface area contributed by atoms with Crippen LogP contribution in [0.4, 0.5) is 11.4 Å². The molecule has 0 aliphatic carbocycles. The van der Waals surface area contributed by atoms with Crippen LogP contribution in [0.2, 0.25) is 0 Å². The Hall–Kier alpha value is -1.48. The van der Waals surface area contributed by atoms with Crippen molar-refractivity contribution in [2.45, 2.75) is 39.2 Å². The average Bonchev–Trinajstić information content (AvgIpc) is 2.84. The smallest absolute Gasteiger partial charge is 0.0514 e. The first-order chi connectivity index (χ1) is 9.29. The van der Waals surface area contributed by atoms with Gasteiger partial charge in [-0.15, -0.1) is 11.3 Å². The van der Waals surface area contributed by atoms with E-state index in [2.05, 4.69) is 36.5 Å². The lowest BCUT2D eigenvalue weighted by Crippen LogP contribution is -2.00. The highest BCUT2D eigenvalue weighted by Crippen LogP contribution is 2.20. The third-order valence-electron chi connectivity index (χ3n) is 3.26. The summed E-state index contributed by atoms with van der Waals surface area (Å²) in [5, 5.41) is 5.44. The van der Waals surface area contributed by atoms with Crippen molar-refractivity contribution in [1.82, 2.24) is 0 Å². The SMILES string of the molecule is CCCCCc1ccc(NCc2sccc2N)cc1. The third kappa shape index (κ3) is 4.28. The Bertz CT molecular complexity index is 488. The number of hydrogen-bond donors (Lipinski definition) is 2. The molecule has 2 nitrogen and oxygen atoms in total. The minimum atomic E-state index is 0.804.